The van der Waals surface area contributed by atoms with Gasteiger partial charge in [-0.15, -0.1) is 11.3 Å². The van der Waals surface area contributed by atoms with Gasteiger partial charge in [0.15, 0.2) is 5.03 Å². The van der Waals surface area contributed by atoms with Crippen molar-refractivity contribution >= 4 is 21.4 Å². The molecule has 3 aromatic rings. The van der Waals surface area contributed by atoms with Gasteiger partial charge >= 0.3 is 5.69 Å². The number of aromatic nitrogens is 5. The molecule has 1 N–H and O–H groups in total. The maximum atomic E-state index is 12.9. The largest absolute Gasteiger partial charge is 0.348 e. The van der Waals surface area contributed by atoms with Crippen LogP contribution >= 0.6 is 11.3 Å². The summed E-state index contributed by atoms with van der Waals surface area (Å²) in [5.74, 6) is 0.956. The van der Waals surface area contributed by atoms with E-state index in [0.717, 1.165) is 17.8 Å². The van der Waals surface area contributed by atoms with E-state index in [-0.39, 0.29) is 22.7 Å². The van der Waals surface area contributed by atoms with Crippen LogP contribution in [0.15, 0.2) is 39.9 Å². The minimum Gasteiger partial charge on any atom is -0.334 e. The molecular weight excluding hydrogens is 412 g/mol. The normalized spacial score (nSPS) is 16.7. The number of hydrogen-bond donors (Lipinski definition) is 1. The van der Waals surface area contributed by atoms with Crippen molar-refractivity contribution in [3.05, 3.63) is 46.3 Å². The van der Waals surface area contributed by atoms with Crippen LogP contribution in [0.2, 0.25) is 0 Å². The van der Waals surface area contributed by atoms with Gasteiger partial charge in [0.25, 0.3) is 10.0 Å². The molecule has 1 saturated heterocycles. The highest BCUT2D eigenvalue weighted by Gasteiger charge is 2.32. The molecule has 0 saturated carbocycles. The molecule has 0 unspecified atom stereocenters. The number of piperidine rings is 1. The van der Waals surface area contributed by atoms with Crippen molar-refractivity contribution in [1.29, 1.82) is 0 Å². The number of nitrogens with one attached hydrogen (secondary N) is 1. The van der Waals surface area contributed by atoms with Crippen molar-refractivity contribution in [2.45, 2.75) is 44.2 Å². The fraction of sp³-hybridized carbons (Fsp3) is 0.500. The van der Waals surface area contributed by atoms with Gasteiger partial charge in [-0.2, -0.15) is 9.40 Å². The molecule has 1 fully saturated rings. The maximum Gasteiger partial charge on any atom is 0.348 e. The van der Waals surface area contributed by atoms with Gasteiger partial charge in [-0.05, 0) is 50.1 Å². The summed E-state index contributed by atoms with van der Waals surface area (Å²) in [5.41, 5.74) is -0.247. The first kappa shape index (κ1) is 20.0. The Morgan fingerprint density at radius 2 is 2.07 bits per heavy atom. The minimum atomic E-state index is -3.58. The minimum absolute atomic E-state index is 0.100. The summed E-state index contributed by atoms with van der Waals surface area (Å²) in [7, 11) is -3.58. The van der Waals surface area contributed by atoms with Crippen LogP contribution < -0.4 is 5.69 Å². The third-order valence-electron chi connectivity index (χ3n) is 5.29. The molecule has 0 bridgehead atoms. The van der Waals surface area contributed by atoms with Gasteiger partial charge < -0.3 is 4.57 Å². The summed E-state index contributed by atoms with van der Waals surface area (Å²) < 4.78 is 30.7. The number of aromatic amines is 1. The van der Waals surface area contributed by atoms with Crippen molar-refractivity contribution < 1.29 is 8.42 Å². The zero-order chi connectivity index (χ0) is 20.6. The van der Waals surface area contributed by atoms with Crippen LogP contribution in [0.3, 0.4) is 0 Å². The molecule has 1 aliphatic heterocycles. The number of hydrogen-bond acceptors (Lipinski definition) is 6. The Morgan fingerprint density at radius 3 is 2.69 bits per heavy atom. The van der Waals surface area contributed by atoms with Gasteiger partial charge in [0, 0.05) is 31.7 Å². The molecule has 11 heteroatoms. The third kappa shape index (κ3) is 3.94. The Hall–Kier alpha value is -2.24. The van der Waals surface area contributed by atoms with Gasteiger partial charge in [-0.25, -0.2) is 27.9 Å². The van der Waals surface area contributed by atoms with Crippen LogP contribution in [0.1, 0.15) is 38.6 Å². The predicted octanol–water partition coefficient (Wildman–Crippen LogP) is 2.04. The van der Waals surface area contributed by atoms with Crippen LogP contribution in [0, 0.1) is 5.92 Å². The molecule has 0 atom stereocenters. The molecule has 156 valence electrons. The summed E-state index contributed by atoms with van der Waals surface area (Å²) in [4.78, 5) is 16.2. The predicted molar refractivity (Wildman–Crippen MR) is 110 cm³/mol. The first-order valence-electron chi connectivity index (χ1n) is 9.60. The van der Waals surface area contributed by atoms with Gasteiger partial charge in [0.05, 0.1) is 6.33 Å². The number of H-pyrrole nitrogens is 1. The fourth-order valence-corrected chi connectivity index (χ4v) is 5.71. The van der Waals surface area contributed by atoms with Crippen molar-refractivity contribution in [1.82, 2.24) is 28.6 Å². The third-order valence-corrected chi connectivity index (χ3v) is 7.93. The van der Waals surface area contributed by atoms with E-state index in [9.17, 15) is 13.2 Å². The van der Waals surface area contributed by atoms with Crippen molar-refractivity contribution in [2.24, 2.45) is 5.92 Å². The number of rotatable bonds is 6. The summed E-state index contributed by atoms with van der Waals surface area (Å²) in [5, 5.41) is 9.57. The first-order valence-corrected chi connectivity index (χ1v) is 11.9. The zero-order valence-corrected chi connectivity index (χ0v) is 18.0. The van der Waals surface area contributed by atoms with Crippen molar-refractivity contribution in [3.8, 4) is 5.00 Å². The van der Waals surface area contributed by atoms with Crippen molar-refractivity contribution in [2.75, 3.05) is 13.1 Å². The molecule has 0 aromatic carbocycles. The van der Waals surface area contributed by atoms with E-state index in [4.69, 9.17) is 0 Å². The lowest BCUT2D eigenvalue weighted by molar-refractivity contribution is 0.269. The second kappa shape index (κ2) is 7.88. The topological polar surface area (TPSA) is 106 Å². The van der Waals surface area contributed by atoms with E-state index in [1.54, 1.807) is 21.7 Å². The van der Waals surface area contributed by atoms with E-state index in [1.807, 2.05) is 31.4 Å². The summed E-state index contributed by atoms with van der Waals surface area (Å²) in [6, 6.07) is 3.94. The van der Waals surface area contributed by atoms with E-state index in [1.165, 1.54) is 15.6 Å². The lowest BCUT2D eigenvalue weighted by Crippen LogP contribution is -2.39. The van der Waals surface area contributed by atoms with E-state index >= 15 is 0 Å². The molecule has 4 heterocycles. The summed E-state index contributed by atoms with van der Waals surface area (Å²) in [6.07, 6.45) is 5.22. The highest BCUT2D eigenvalue weighted by Crippen LogP contribution is 2.26. The first-order chi connectivity index (χ1) is 13.9. The highest BCUT2D eigenvalue weighted by atomic mass is 32.2. The number of sulfonamides is 1. The second-order valence-corrected chi connectivity index (χ2v) is 10.3. The van der Waals surface area contributed by atoms with Gasteiger partial charge in [0.2, 0.25) is 0 Å². The Bertz CT molecular complexity index is 1120. The van der Waals surface area contributed by atoms with Crippen molar-refractivity contribution in [3.63, 3.8) is 0 Å². The monoisotopic (exact) mass is 436 g/mol. The average Bonchev–Trinajstić information content (AvgIpc) is 3.43. The molecule has 0 spiro atoms. The summed E-state index contributed by atoms with van der Waals surface area (Å²) in [6.45, 7) is 4.84. The van der Waals surface area contributed by atoms with Crippen LogP contribution in [0.4, 0.5) is 0 Å². The standard InChI is InChI=1S/C18H24N6O3S2/c1-13(2)22-11-16(19-12-22)29(26,27)23-7-5-14(6-8-23)10-15-20-21-18(25)24(15)17-4-3-9-28-17/h3-4,9,11-14H,5-8,10H2,1-2H3,(H,21,25). The molecule has 1 aliphatic rings. The average molecular weight is 437 g/mol. The smallest absolute Gasteiger partial charge is 0.334 e. The molecule has 9 nitrogen and oxygen atoms in total. The number of nitrogens with zero attached hydrogens (tertiary/aromatic N) is 5. The maximum absolute atomic E-state index is 12.9. The molecular formula is C18H24N6O3S2. The van der Waals surface area contributed by atoms with Crippen LogP contribution in [-0.2, 0) is 16.4 Å². The molecule has 0 radical (unpaired) electrons. The molecule has 4 rings (SSSR count). The van der Waals surface area contributed by atoms with Gasteiger partial charge in [-0.3, -0.25) is 0 Å². The SMILES string of the molecule is CC(C)n1cnc(S(=O)(=O)N2CCC(Cc3n[nH]c(=O)n3-c3cccs3)CC2)c1. The fourth-order valence-electron chi connectivity index (χ4n) is 3.57. The Balaban J connectivity index is 1.43. The quantitative estimate of drug-likeness (QED) is 0.637. The zero-order valence-electron chi connectivity index (χ0n) is 16.4. The number of thiophene rings is 1. The highest BCUT2D eigenvalue weighted by molar-refractivity contribution is 7.89. The lowest BCUT2D eigenvalue weighted by atomic mass is 9.94. The second-order valence-electron chi connectivity index (χ2n) is 7.54. The lowest BCUT2D eigenvalue weighted by Gasteiger charge is -2.30. The van der Waals surface area contributed by atoms with Gasteiger partial charge in [0.1, 0.15) is 10.8 Å². The van der Waals surface area contributed by atoms with Crippen LogP contribution in [0.25, 0.3) is 5.00 Å². The molecule has 3 aromatic heterocycles. The van der Waals surface area contributed by atoms with Crippen LogP contribution in [0.5, 0.6) is 0 Å². The molecule has 0 aliphatic carbocycles. The molecule has 29 heavy (non-hydrogen) atoms. The van der Waals surface area contributed by atoms with Crippen LogP contribution in [-0.4, -0.2) is 50.1 Å². The van der Waals surface area contributed by atoms with E-state index in [2.05, 4.69) is 15.2 Å². The number of imidazole rings is 1. The Morgan fingerprint density at radius 1 is 1.31 bits per heavy atom. The molecule has 0 amide bonds. The van der Waals surface area contributed by atoms with Gasteiger partial charge in [-0.1, -0.05) is 0 Å². The van der Waals surface area contributed by atoms with E-state index in [0.29, 0.717) is 25.3 Å². The Kier molecular flexibility index (Phi) is 5.45. The Labute approximate surface area is 173 Å². The van der Waals surface area contributed by atoms with E-state index < -0.39 is 10.0 Å². The summed E-state index contributed by atoms with van der Waals surface area (Å²) >= 11 is 1.48.